The van der Waals surface area contributed by atoms with Gasteiger partial charge in [0.1, 0.15) is 12.6 Å². The van der Waals surface area contributed by atoms with E-state index in [0.717, 1.165) is 11.3 Å². The molecule has 2 aromatic heterocycles. The smallest absolute Gasteiger partial charge is 0.360 e. The second-order valence-corrected chi connectivity index (χ2v) is 6.45. The normalized spacial score (nSPS) is 25.2. The molecule has 11 heteroatoms. The number of anilines is 2. The van der Waals surface area contributed by atoms with Gasteiger partial charge in [-0.1, -0.05) is 0 Å². The van der Waals surface area contributed by atoms with Crippen LogP contribution in [-0.4, -0.2) is 48.9 Å². The number of aromatic nitrogens is 4. The number of hydrogen-bond acceptors (Lipinski definition) is 7. The summed E-state index contributed by atoms with van der Waals surface area (Å²) in [5, 5.41) is 0. The summed E-state index contributed by atoms with van der Waals surface area (Å²) < 4.78 is 36.7. The van der Waals surface area contributed by atoms with Crippen LogP contribution in [0.1, 0.15) is 23.9 Å². The Balaban J connectivity index is 1.55. The van der Waals surface area contributed by atoms with E-state index in [1.165, 1.54) is 0 Å². The van der Waals surface area contributed by atoms with Gasteiger partial charge in [-0.2, -0.15) is 4.98 Å². The van der Waals surface area contributed by atoms with E-state index in [1.807, 2.05) is 4.58 Å². The van der Waals surface area contributed by atoms with Crippen molar-refractivity contribution < 1.29 is 18.1 Å². The molecule has 2 atom stereocenters. The largest absolute Gasteiger partial charge is 0.376 e. The lowest BCUT2D eigenvalue weighted by atomic mass is 10.1. The summed E-state index contributed by atoms with van der Waals surface area (Å²) in [7, 11) is 0. The zero-order valence-electron chi connectivity index (χ0n) is 14.1. The SMILES string of the molecule is Nc1c#cn(C2OC(C=[N+]3CCc4nc(N)ncc4C3)CC2(F)F)c(=O)n1. The number of hydrogen-bond donors (Lipinski definition) is 2. The van der Waals surface area contributed by atoms with Gasteiger partial charge < -0.3 is 16.2 Å². The molecule has 4 heterocycles. The van der Waals surface area contributed by atoms with Crippen molar-refractivity contribution in [2.75, 3.05) is 18.0 Å². The Hall–Kier alpha value is -3.13. The van der Waals surface area contributed by atoms with Crippen molar-refractivity contribution in [3.05, 3.63) is 40.2 Å². The van der Waals surface area contributed by atoms with Crippen LogP contribution in [0.15, 0.2) is 11.0 Å². The third-order valence-corrected chi connectivity index (χ3v) is 4.46. The third-order valence-electron chi connectivity index (χ3n) is 4.46. The molecule has 0 spiro atoms. The van der Waals surface area contributed by atoms with Gasteiger partial charge in [0.15, 0.2) is 18.6 Å². The van der Waals surface area contributed by atoms with E-state index in [9.17, 15) is 13.6 Å². The fourth-order valence-corrected chi connectivity index (χ4v) is 3.24. The van der Waals surface area contributed by atoms with Crippen molar-refractivity contribution >= 4 is 18.0 Å². The second kappa shape index (κ2) is 6.24. The fourth-order valence-electron chi connectivity index (χ4n) is 3.24. The highest BCUT2D eigenvalue weighted by atomic mass is 19.3. The van der Waals surface area contributed by atoms with Gasteiger partial charge in [-0.25, -0.2) is 32.7 Å². The zero-order valence-corrected chi connectivity index (χ0v) is 14.1. The summed E-state index contributed by atoms with van der Waals surface area (Å²) in [4.78, 5) is 23.4. The number of alkyl halides is 2. The predicted molar refractivity (Wildman–Crippen MR) is 89.1 cm³/mol. The first-order valence-electron chi connectivity index (χ1n) is 8.23. The van der Waals surface area contributed by atoms with E-state index in [4.69, 9.17) is 16.2 Å². The lowest BCUT2D eigenvalue weighted by Crippen LogP contribution is -2.34. The molecule has 0 bridgehead atoms. The first-order valence-corrected chi connectivity index (χ1v) is 8.23. The fraction of sp³-hybridized carbons (Fsp3) is 0.438. The number of fused-ring (bicyclic) bond motifs is 1. The highest BCUT2D eigenvalue weighted by Gasteiger charge is 2.53. The van der Waals surface area contributed by atoms with E-state index < -0.39 is 30.4 Å². The lowest BCUT2D eigenvalue weighted by Gasteiger charge is -2.17. The topological polar surface area (TPSA) is 125 Å². The maximum absolute atomic E-state index is 14.4. The second-order valence-electron chi connectivity index (χ2n) is 6.45. The molecule has 0 saturated carbocycles. The molecular weight excluding hydrogens is 360 g/mol. The highest BCUT2D eigenvalue weighted by Crippen LogP contribution is 2.41. The van der Waals surface area contributed by atoms with Crippen LogP contribution in [0.25, 0.3) is 0 Å². The Morgan fingerprint density at radius 2 is 2.22 bits per heavy atom. The maximum atomic E-state index is 14.4. The summed E-state index contributed by atoms with van der Waals surface area (Å²) in [6, 6.07) is 2.31. The summed E-state index contributed by atoms with van der Waals surface area (Å²) in [5.74, 6) is -3.27. The maximum Gasteiger partial charge on any atom is 0.360 e. The molecule has 1 saturated heterocycles. The van der Waals surface area contributed by atoms with Crippen LogP contribution < -0.4 is 17.2 Å². The predicted octanol–water partition coefficient (Wildman–Crippen LogP) is -0.440. The number of nitrogens with two attached hydrogens (primary N) is 2. The molecule has 140 valence electrons. The Morgan fingerprint density at radius 3 is 3.00 bits per heavy atom. The first-order chi connectivity index (χ1) is 12.8. The molecule has 4 N–H and O–H groups in total. The van der Waals surface area contributed by atoms with Crippen molar-refractivity contribution in [3.8, 4) is 0 Å². The summed E-state index contributed by atoms with van der Waals surface area (Å²) in [6.45, 7) is 1.05. The van der Waals surface area contributed by atoms with Gasteiger partial charge in [0, 0.05) is 18.8 Å². The van der Waals surface area contributed by atoms with Gasteiger partial charge in [0.05, 0.1) is 17.7 Å². The first kappa shape index (κ1) is 17.3. The number of nitrogen functional groups attached to an aromatic ring is 2. The average Bonchev–Trinajstić information content (AvgIpc) is 2.89. The molecule has 2 aromatic rings. The van der Waals surface area contributed by atoms with Crippen LogP contribution in [0.4, 0.5) is 20.5 Å². The van der Waals surface area contributed by atoms with Crippen LogP contribution in [0.3, 0.4) is 0 Å². The van der Waals surface area contributed by atoms with Crippen LogP contribution in [0.5, 0.6) is 0 Å². The standard InChI is InChI=1S/C16H15F2N7O2/c17-16(18)5-10(27-13(16)25-4-2-12(19)23-15(25)26)8-24-3-1-11-9(7-24)6-21-14(20)22-11/h6,8,10,13H,1,3,5,7H2,(H3-,19,20,21,22,23,26)/p+1. The van der Waals surface area contributed by atoms with Crippen LogP contribution in [0.2, 0.25) is 0 Å². The van der Waals surface area contributed by atoms with Crippen molar-refractivity contribution in [1.29, 1.82) is 0 Å². The average molecular weight is 376 g/mol. The van der Waals surface area contributed by atoms with Gasteiger partial charge in [-0.3, -0.25) is 0 Å². The highest BCUT2D eigenvalue weighted by molar-refractivity contribution is 5.58. The Bertz CT molecular complexity index is 975. The van der Waals surface area contributed by atoms with Crippen molar-refractivity contribution in [2.45, 2.75) is 37.6 Å². The third kappa shape index (κ3) is 3.31. The minimum Gasteiger partial charge on any atom is -0.376 e. The monoisotopic (exact) mass is 376 g/mol. The zero-order chi connectivity index (χ0) is 19.2. The Morgan fingerprint density at radius 1 is 1.41 bits per heavy atom. The van der Waals surface area contributed by atoms with Crippen LogP contribution >= 0.6 is 0 Å². The van der Waals surface area contributed by atoms with Gasteiger partial charge in [0.25, 0.3) is 5.92 Å². The van der Waals surface area contributed by atoms with E-state index >= 15 is 0 Å². The molecule has 9 nitrogen and oxygen atoms in total. The summed E-state index contributed by atoms with van der Waals surface area (Å²) in [5.41, 5.74) is 11.7. The van der Waals surface area contributed by atoms with Crippen molar-refractivity contribution in [2.24, 2.45) is 0 Å². The molecule has 2 unspecified atom stereocenters. The molecule has 27 heavy (non-hydrogen) atoms. The minimum absolute atomic E-state index is 0.211. The Kier molecular flexibility index (Phi) is 4.00. The molecule has 0 aromatic carbocycles. The molecule has 4 rings (SSSR count). The molecule has 0 radical (unpaired) electrons. The van der Waals surface area contributed by atoms with Crippen molar-refractivity contribution in [1.82, 2.24) is 19.5 Å². The lowest BCUT2D eigenvalue weighted by molar-refractivity contribution is -0.545. The van der Waals surface area contributed by atoms with Crippen LogP contribution in [-0.2, 0) is 17.7 Å². The van der Waals surface area contributed by atoms with Crippen LogP contribution in [0, 0.1) is 12.3 Å². The van der Waals surface area contributed by atoms with Gasteiger partial charge in [-0.05, 0) is 6.07 Å². The number of halogens is 2. The van der Waals surface area contributed by atoms with Gasteiger partial charge >= 0.3 is 5.69 Å². The molecule has 0 aliphatic carbocycles. The molecule has 2 aliphatic rings. The van der Waals surface area contributed by atoms with E-state index in [0.29, 0.717) is 24.1 Å². The van der Waals surface area contributed by atoms with Crippen molar-refractivity contribution in [3.63, 3.8) is 0 Å². The van der Waals surface area contributed by atoms with E-state index in [1.54, 1.807) is 12.4 Å². The molecular formula is C16H16F2N7O2+. The minimum atomic E-state index is -3.27. The van der Waals surface area contributed by atoms with Gasteiger partial charge in [-0.15, -0.1) is 0 Å². The number of ether oxygens (including phenoxy) is 1. The summed E-state index contributed by atoms with van der Waals surface area (Å²) in [6.07, 6.45) is 2.88. The number of nitrogens with zero attached hydrogens (tertiary/aromatic N) is 5. The van der Waals surface area contributed by atoms with E-state index in [2.05, 4.69) is 27.2 Å². The number of rotatable bonds is 2. The molecule has 2 aliphatic heterocycles. The molecule has 0 amide bonds. The quantitative estimate of drug-likeness (QED) is 0.681. The Labute approximate surface area is 152 Å². The summed E-state index contributed by atoms with van der Waals surface area (Å²) >= 11 is 0. The molecule has 1 fully saturated rings. The van der Waals surface area contributed by atoms with Gasteiger partial charge in [0.2, 0.25) is 12.2 Å². The van der Waals surface area contributed by atoms with E-state index in [-0.39, 0.29) is 11.8 Å².